The molecule has 1 N–H and O–H groups in total. The Kier molecular flexibility index (Phi) is 4.69. The fraction of sp³-hybridized carbons (Fsp3) is 0.118. The van der Waals surface area contributed by atoms with Crippen molar-refractivity contribution in [3.63, 3.8) is 0 Å². The van der Waals surface area contributed by atoms with E-state index in [1.54, 1.807) is 19.1 Å². The fourth-order valence-corrected chi connectivity index (χ4v) is 2.59. The van der Waals surface area contributed by atoms with Crippen LogP contribution in [0.15, 0.2) is 48.5 Å². The molecule has 0 radical (unpaired) electrons. The van der Waals surface area contributed by atoms with E-state index in [1.165, 1.54) is 10.7 Å². The Morgan fingerprint density at radius 1 is 1.15 bits per heavy atom. The van der Waals surface area contributed by atoms with Gasteiger partial charge in [-0.05, 0) is 37.3 Å². The highest BCUT2D eigenvalue weighted by molar-refractivity contribution is 6.31. The number of amides is 1. The Labute approximate surface area is 151 Å². The van der Waals surface area contributed by atoms with Crippen LogP contribution in [0.2, 0.25) is 5.02 Å². The molecule has 0 unspecified atom stereocenters. The summed E-state index contributed by atoms with van der Waals surface area (Å²) in [5, 5.41) is 9.70. The lowest BCUT2D eigenvalue weighted by Crippen LogP contribution is -2.15. The number of nitrogens with one attached hydrogen (secondary N) is 1. The number of rotatable bonds is 3. The molecule has 0 saturated heterocycles. The number of carbonyl (C=O) groups is 1. The van der Waals surface area contributed by atoms with Crippen LogP contribution in [0.1, 0.15) is 21.7 Å². The molecule has 3 aromatic rings. The summed E-state index contributed by atoms with van der Waals surface area (Å²) in [5.74, 6) is -0.667. The number of hydrogen-bond acceptors (Lipinski definition) is 3. The van der Waals surface area contributed by atoms with Gasteiger partial charge in [-0.15, -0.1) is 5.10 Å². The van der Waals surface area contributed by atoms with Crippen LogP contribution in [0.5, 0.6) is 0 Å². The molecule has 26 heavy (non-hydrogen) atoms. The van der Waals surface area contributed by atoms with Crippen molar-refractivity contribution in [3.8, 4) is 5.69 Å². The number of carbonyl (C=O) groups excluding carboxylic acids is 1. The van der Waals surface area contributed by atoms with Crippen molar-refractivity contribution >= 4 is 23.2 Å². The van der Waals surface area contributed by atoms with Gasteiger partial charge in [0.2, 0.25) is 0 Å². The molecule has 0 bridgehead atoms. The molecular weight excluding hydrogens is 369 g/mol. The standard InChI is InChI=1S/C17H12ClF3N4O/c1-10-15(23-24-25(10)12-5-3-2-4-6-12)16(26)22-11-7-8-14(18)13(9-11)17(19,20)21/h2-9H,1H3,(H,22,26). The normalized spacial score (nSPS) is 11.4. The van der Waals surface area contributed by atoms with Gasteiger partial charge in [0.1, 0.15) is 0 Å². The molecule has 0 aliphatic heterocycles. The molecule has 0 fully saturated rings. The molecule has 9 heteroatoms. The van der Waals surface area contributed by atoms with Crippen molar-refractivity contribution in [1.29, 1.82) is 0 Å². The SMILES string of the molecule is Cc1c(C(=O)Nc2ccc(Cl)c(C(F)(F)F)c2)nnn1-c1ccccc1. The summed E-state index contributed by atoms with van der Waals surface area (Å²) in [4.78, 5) is 12.4. The van der Waals surface area contributed by atoms with Crippen molar-refractivity contribution < 1.29 is 18.0 Å². The lowest BCUT2D eigenvalue weighted by atomic mass is 10.2. The number of benzene rings is 2. The van der Waals surface area contributed by atoms with Gasteiger partial charge in [-0.2, -0.15) is 13.2 Å². The van der Waals surface area contributed by atoms with E-state index in [4.69, 9.17) is 11.6 Å². The number of nitrogens with zero attached hydrogens (tertiary/aromatic N) is 3. The van der Waals surface area contributed by atoms with E-state index in [0.717, 1.165) is 12.1 Å². The largest absolute Gasteiger partial charge is 0.417 e. The third kappa shape index (κ3) is 3.55. The minimum absolute atomic E-state index is 0.0114. The number of halogens is 4. The lowest BCUT2D eigenvalue weighted by molar-refractivity contribution is -0.137. The molecule has 0 spiro atoms. The molecule has 1 heterocycles. The molecular formula is C17H12ClF3N4O. The third-order valence-corrected chi connectivity index (χ3v) is 3.97. The molecule has 0 saturated carbocycles. The molecule has 1 amide bonds. The minimum Gasteiger partial charge on any atom is -0.321 e. The van der Waals surface area contributed by atoms with E-state index in [9.17, 15) is 18.0 Å². The smallest absolute Gasteiger partial charge is 0.321 e. The molecule has 0 aliphatic rings. The van der Waals surface area contributed by atoms with Crippen LogP contribution in [-0.4, -0.2) is 20.9 Å². The zero-order chi connectivity index (χ0) is 18.9. The summed E-state index contributed by atoms with van der Waals surface area (Å²) >= 11 is 5.57. The van der Waals surface area contributed by atoms with Crippen molar-refractivity contribution in [2.24, 2.45) is 0 Å². The number of hydrogen-bond donors (Lipinski definition) is 1. The predicted octanol–water partition coefficient (Wildman–Crippen LogP) is 4.50. The molecule has 2 aromatic carbocycles. The molecule has 5 nitrogen and oxygen atoms in total. The van der Waals surface area contributed by atoms with Crippen molar-refractivity contribution in [3.05, 3.63) is 70.5 Å². The summed E-state index contributed by atoms with van der Waals surface area (Å²) in [5.41, 5.74) is 0.112. The van der Waals surface area contributed by atoms with Crippen LogP contribution in [0.3, 0.4) is 0 Å². The van der Waals surface area contributed by atoms with E-state index in [2.05, 4.69) is 15.6 Å². The van der Waals surface area contributed by atoms with Gasteiger partial charge in [0, 0.05) is 5.69 Å². The summed E-state index contributed by atoms with van der Waals surface area (Å²) in [6.07, 6.45) is -4.62. The van der Waals surface area contributed by atoms with Gasteiger partial charge in [0.15, 0.2) is 5.69 Å². The number of anilines is 1. The van der Waals surface area contributed by atoms with Crippen LogP contribution >= 0.6 is 11.6 Å². The summed E-state index contributed by atoms with van der Waals surface area (Å²) in [7, 11) is 0. The van der Waals surface area contributed by atoms with Crippen LogP contribution in [0.25, 0.3) is 5.69 Å². The maximum Gasteiger partial charge on any atom is 0.417 e. The highest BCUT2D eigenvalue weighted by Crippen LogP contribution is 2.36. The molecule has 134 valence electrons. The third-order valence-electron chi connectivity index (χ3n) is 3.64. The first-order valence-corrected chi connectivity index (χ1v) is 7.81. The molecule has 3 rings (SSSR count). The highest BCUT2D eigenvalue weighted by atomic mass is 35.5. The Bertz CT molecular complexity index is 954. The fourth-order valence-electron chi connectivity index (χ4n) is 2.36. The van der Waals surface area contributed by atoms with Gasteiger partial charge >= 0.3 is 6.18 Å². The van der Waals surface area contributed by atoms with E-state index < -0.39 is 22.7 Å². The minimum atomic E-state index is -4.62. The van der Waals surface area contributed by atoms with E-state index in [0.29, 0.717) is 11.4 Å². The average molecular weight is 381 g/mol. The Morgan fingerprint density at radius 2 is 1.85 bits per heavy atom. The second-order valence-electron chi connectivity index (χ2n) is 5.42. The van der Waals surface area contributed by atoms with Gasteiger partial charge in [-0.1, -0.05) is 35.0 Å². The molecule has 0 atom stereocenters. The summed E-state index contributed by atoms with van der Waals surface area (Å²) < 4.78 is 40.2. The van der Waals surface area contributed by atoms with E-state index >= 15 is 0 Å². The van der Waals surface area contributed by atoms with E-state index in [-0.39, 0.29) is 11.4 Å². The first kappa shape index (κ1) is 17.9. The van der Waals surface area contributed by atoms with Gasteiger partial charge in [0.05, 0.1) is 22.0 Å². The van der Waals surface area contributed by atoms with Gasteiger partial charge in [-0.3, -0.25) is 4.79 Å². The second kappa shape index (κ2) is 6.80. The zero-order valence-corrected chi connectivity index (χ0v) is 14.1. The Hall–Kier alpha value is -2.87. The summed E-state index contributed by atoms with van der Waals surface area (Å²) in [6, 6.07) is 12.2. The lowest BCUT2D eigenvalue weighted by Gasteiger charge is -2.11. The Morgan fingerprint density at radius 3 is 2.50 bits per heavy atom. The number of para-hydroxylation sites is 1. The maximum atomic E-state index is 12.9. The van der Waals surface area contributed by atoms with Gasteiger partial charge < -0.3 is 5.32 Å². The second-order valence-corrected chi connectivity index (χ2v) is 5.82. The van der Waals surface area contributed by atoms with Crippen molar-refractivity contribution in [2.45, 2.75) is 13.1 Å². The van der Waals surface area contributed by atoms with Crippen molar-refractivity contribution in [2.75, 3.05) is 5.32 Å². The first-order valence-electron chi connectivity index (χ1n) is 7.43. The highest BCUT2D eigenvalue weighted by Gasteiger charge is 2.33. The predicted molar refractivity (Wildman–Crippen MR) is 90.5 cm³/mol. The zero-order valence-electron chi connectivity index (χ0n) is 13.4. The van der Waals surface area contributed by atoms with Crippen LogP contribution < -0.4 is 5.32 Å². The maximum absolute atomic E-state index is 12.9. The summed E-state index contributed by atoms with van der Waals surface area (Å²) in [6.45, 7) is 1.64. The Balaban J connectivity index is 1.87. The van der Waals surface area contributed by atoms with Crippen LogP contribution in [0, 0.1) is 6.92 Å². The van der Waals surface area contributed by atoms with Crippen LogP contribution in [0.4, 0.5) is 18.9 Å². The molecule has 1 aromatic heterocycles. The average Bonchev–Trinajstić information content (AvgIpc) is 2.98. The number of aromatic nitrogens is 3. The quantitative estimate of drug-likeness (QED) is 0.727. The number of alkyl halides is 3. The first-order chi connectivity index (χ1) is 12.3. The molecule has 0 aliphatic carbocycles. The van der Waals surface area contributed by atoms with E-state index in [1.807, 2.05) is 18.2 Å². The monoisotopic (exact) mass is 380 g/mol. The van der Waals surface area contributed by atoms with Gasteiger partial charge in [-0.25, -0.2) is 4.68 Å². The van der Waals surface area contributed by atoms with Crippen LogP contribution in [-0.2, 0) is 6.18 Å². The van der Waals surface area contributed by atoms with Crippen molar-refractivity contribution in [1.82, 2.24) is 15.0 Å². The topological polar surface area (TPSA) is 59.8 Å². The van der Waals surface area contributed by atoms with Gasteiger partial charge in [0.25, 0.3) is 5.91 Å².